The molecule has 0 unspecified atom stereocenters. The third-order valence-electron chi connectivity index (χ3n) is 6.89. The highest BCUT2D eigenvalue weighted by Gasteiger charge is 2.17. The molecule has 1 amide bonds. The molecular weight excluding hydrogens is 504 g/mol. The van der Waals surface area contributed by atoms with E-state index >= 15 is 0 Å². The summed E-state index contributed by atoms with van der Waals surface area (Å²) in [6.45, 7) is 12.4. The first-order chi connectivity index (χ1) is 18.8. The standard InChI is InChI=1S/C31H34N6OS/c1-6-36-26-11-9-8-10-24(26)25-18-21(12-17-27(25)36)19-32-33-28(38)20-39-30-35-34-29(37(30)7-2)22-13-15-23(16-14-22)31(3,4)5/h8-19H,6-7,20H2,1-5H3,(H,33,38). The number of carbonyl (C=O) groups excluding carboxylic acids is 1. The Labute approximate surface area is 233 Å². The number of carbonyl (C=O) groups is 1. The average Bonchev–Trinajstić information content (AvgIpc) is 3.49. The summed E-state index contributed by atoms with van der Waals surface area (Å²) in [6, 6.07) is 23.1. The molecule has 0 atom stereocenters. The Morgan fingerprint density at radius 2 is 1.64 bits per heavy atom. The van der Waals surface area contributed by atoms with Crippen LogP contribution >= 0.6 is 11.8 Å². The summed E-state index contributed by atoms with van der Waals surface area (Å²) in [4.78, 5) is 12.5. The fraction of sp³-hybridized carbons (Fsp3) is 0.290. The number of nitrogens with one attached hydrogen (secondary N) is 1. The molecule has 0 saturated heterocycles. The van der Waals surface area contributed by atoms with Crippen LogP contribution in [0.3, 0.4) is 0 Å². The highest BCUT2D eigenvalue weighted by molar-refractivity contribution is 7.99. The molecule has 200 valence electrons. The summed E-state index contributed by atoms with van der Waals surface area (Å²) in [5, 5.41) is 16.1. The van der Waals surface area contributed by atoms with Gasteiger partial charge in [-0.2, -0.15) is 5.10 Å². The van der Waals surface area contributed by atoms with Crippen molar-refractivity contribution in [3.63, 3.8) is 0 Å². The molecule has 2 heterocycles. The normalized spacial score (nSPS) is 12.1. The Kier molecular flexibility index (Phi) is 7.57. The van der Waals surface area contributed by atoms with E-state index in [1.165, 1.54) is 39.1 Å². The molecule has 0 radical (unpaired) electrons. The van der Waals surface area contributed by atoms with E-state index in [1.54, 1.807) is 6.21 Å². The first-order valence-corrected chi connectivity index (χ1v) is 14.3. The zero-order valence-electron chi connectivity index (χ0n) is 23.1. The minimum atomic E-state index is -0.193. The lowest BCUT2D eigenvalue weighted by molar-refractivity contribution is -0.118. The van der Waals surface area contributed by atoms with Crippen LogP contribution in [0, 0.1) is 0 Å². The van der Waals surface area contributed by atoms with Gasteiger partial charge < -0.3 is 9.13 Å². The smallest absolute Gasteiger partial charge is 0.250 e. The van der Waals surface area contributed by atoms with E-state index in [4.69, 9.17) is 0 Å². The summed E-state index contributed by atoms with van der Waals surface area (Å²) in [5.74, 6) is 0.807. The number of hydrogen-bond acceptors (Lipinski definition) is 5. The minimum Gasteiger partial charge on any atom is -0.341 e. The number of aromatic nitrogens is 4. The monoisotopic (exact) mass is 538 g/mol. The molecule has 39 heavy (non-hydrogen) atoms. The zero-order chi connectivity index (χ0) is 27.6. The molecule has 0 aliphatic rings. The second kappa shape index (κ2) is 11.1. The fourth-order valence-corrected chi connectivity index (χ4v) is 5.64. The lowest BCUT2D eigenvalue weighted by atomic mass is 9.87. The molecule has 5 rings (SSSR count). The highest BCUT2D eigenvalue weighted by Crippen LogP contribution is 2.30. The molecule has 0 aliphatic heterocycles. The molecule has 2 aromatic heterocycles. The van der Waals surface area contributed by atoms with Gasteiger partial charge in [-0.1, -0.05) is 81.1 Å². The number of hydrazone groups is 1. The van der Waals surface area contributed by atoms with Crippen LogP contribution in [-0.4, -0.2) is 37.2 Å². The van der Waals surface area contributed by atoms with Crippen LogP contribution in [0.4, 0.5) is 0 Å². The Bertz CT molecular complexity index is 1660. The fourth-order valence-electron chi connectivity index (χ4n) is 4.85. The number of nitrogens with zero attached hydrogens (tertiary/aromatic N) is 5. The lowest BCUT2D eigenvalue weighted by Gasteiger charge is -2.19. The predicted octanol–water partition coefficient (Wildman–Crippen LogP) is 6.63. The molecule has 7 nitrogen and oxygen atoms in total. The van der Waals surface area contributed by atoms with Crippen molar-refractivity contribution in [3.8, 4) is 11.4 Å². The van der Waals surface area contributed by atoms with Gasteiger partial charge in [-0.3, -0.25) is 4.79 Å². The van der Waals surface area contributed by atoms with Gasteiger partial charge in [0.1, 0.15) is 0 Å². The molecule has 1 N–H and O–H groups in total. The quantitative estimate of drug-likeness (QED) is 0.137. The first kappa shape index (κ1) is 26.7. The van der Waals surface area contributed by atoms with Gasteiger partial charge in [-0.05, 0) is 48.6 Å². The van der Waals surface area contributed by atoms with E-state index < -0.39 is 0 Å². The van der Waals surface area contributed by atoms with Crippen molar-refractivity contribution in [2.45, 2.75) is 58.3 Å². The van der Waals surface area contributed by atoms with Gasteiger partial charge in [-0.25, -0.2) is 5.43 Å². The van der Waals surface area contributed by atoms with Crippen LogP contribution in [0.15, 0.2) is 77.0 Å². The van der Waals surface area contributed by atoms with Crippen LogP contribution in [0.25, 0.3) is 33.2 Å². The SMILES string of the molecule is CCn1c(SCC(=O)NN=Cc2ccc3c(c2)c2ccccc2n3CC)nnc1-c1ccc(C(C)(C)C)cc1. The predicted molar refractivity (Wildman–Crippen MR) is 161 cm³/mol. The van der Waals surface area contributed by atoms with E-state index in [-0.39, 0.29) is 17.1 Å². The topological polar surface area (TPSA) is 77.1 Å². The van der Waals surface area contributed by atoms with Gasteiger partial charge in [0, 0.05) is 40.5 Å². The number of rotatable bonds is 8. The third-order valence-corrected chi connectivity index (χ3v) is 7.86. The molecule has 0 spiro atoms. The summed E-state index contributed by atoms with van der Waals surface area (Å²) < 4.78 is 4.35. The van der Waals surface area contributed by atoms with Crippen molar-refractivity contribution in [2.24, 2.45) is 5.10 Å². The molecule has 8 heteroatoms. The minimum absolute atomic E-state index is 0.0933. The van der Waals surface area contributed by atoms with Gasteiger partial charge >= 0.3 is 0 Å². The van der Waals surface area contributed by atoms with E-state index in [0.29, 0.717) is 11.7 Å². The van der Waals surface area contributed by atoms with Crippen molar-refractivity contribution in [2.75, 3.05) is 5.75 Å². The van der Waals surface area contributed by atoms with Crippen LogP contribution < -0.4 is 5.43 Å². The maximum atomic E-state index is 12.5. The van der Waals surface area contributed by atoms with Crippen molar-refractivity contribution >= 4 is 45.7 Å². The van der Waals surface area contributed by atoms with E-state index in [0.717, 1.165) is 23.5 Å². The Morgan fingerprint density at radius 1 is 0.923 bits per heavy atom. The van der Waals surface area contributed by atoms with E-state index in [1.807, 2.05) is 10.6 Å². The number of hydrogen-bond donors (Lipinski definition) is 1. The van der Waals surface area contributed by atoms with E-state index in [9.17, 15) is 4.79 Å². The van der Waals surface area contributed by atoms with E-state index in [2.05, 4.69) is 121 Å². The summed E-state index contributed by atoms with van der Waals surface area (Å²) in [7, 11) is 0. The summed E-state index contributed by atoms with van der Waals surface area (Å²) in [6.07, 6.45) is 1.69. The van der Waals surface area contributed by atoms with Crippen LogP contribution in [0.2, 0.25) is 0 Å². The molecule has 5 aromatic rings. The van der Waals surface area contributed by atoms with Crippen molar-refractivity contribution in [1.29, 1.82) is 0 Å². The van der Waals surface area contributed by atoms with Crippen LogP contribution in [0.5, 0.6) is 0 Å². The zero-order valence-corrected chi connectivity index (χ0v) is 23.9. The lowest BCUT2D eigenvalue weighted by Crippen LogP contribution is -2.20. The number of amides is 1. The number of aryl methyl sites for hydroxylation is 1. The molecule has 0 bridgehead atoms. The first-order valence-electron chi connectivity index (χ1n) is 13.3. The van der Waals surface area contributed by atoms with Gasteiger partial charge in [0.2, 0.25) is 0 Å². The van der Waals surface area contributed by atoms with Gasteiger partial charge in [0.05, 0.1) is 12.0 Å². The second-order valence-corrected chi connectivity index (χ2v) is 11.4. The van der Waals surface area contributed by atoms with Crippen molar-refractivity contribution in [3.05, 3.63) is 77.9 Å². The van der Waals surface area contributed by atoms with Crippen molar-refractivity contribution in [1.82, 2.24) is 24.8 Å². The molecule has 0 aliphatic carbocycles. The number of benzene rings is 3. The highest BCUT2D eigenvalue weighted by atomic mass is 32.2. The van der Waals surface area contributed by atoms with Crippen LogP contribution in [0.1, 0.15) is 45.7 Å². The largest absolute Gasteiger partial charge is 0.341 e. The molecule has 0 saturated carbocycles. The molecular formula is C31H34N6OS. The number of thioether (sulfide) groups is 1. The van der Waals surface area contributed by atoms with Crippen molar-refractivity contribution < 1.29 is 4.79 Å². The number of fused-ring (bicyclic) bond motifs is 3. The maximum absolute atomic E-state index is 12.5. The van der Waals surface area contributed by atoms with Gasteiger partial charge in [0.25, 0.3) is 5.91 Å². The summed E-state index contributed by atoms with van der Waals surface area (Å²) in [5.41, 5.74) is 8.37. The Balaban J connectivity index is 1.23. The Hall–Kier alpha value is -3.91. The number of para-hydroxylation sites is 1. The van der Waals surface area contributed by atoms with Gasteiger partial charge in [-0.15, -0.1) is 10.2 Å². The Morgan fingerprint density at radius 3 is 2.36 bits per heavy atom. The third kappa shape index (κ3) is 5.47. The molecule has 0 fully saturated rings. The van der Waals surface area contributed by atoms with Gasteiger partial charge in [0.15, 0.2) is 11.0 Å². The average molecular weight is 539 g/mol. The molecule has 3 aromatic carbocycles. The van der Waals surface area contributed by atoms with Crippen LogP contribution in [-0.2, 0) is 23.3 Å². The summed E-state index contributed by atoms with van der Waals surface area (Å²) >= 11 is 1.36. The second-order valence-electron chi connectivity index (χ2n) is 10.5. The maximum Gasteiger partial charge on any atom is 0.250 e.